The Bertz CT molecular complexity index is 1040. The number of pyridine rings is 1. The molecule has 1 aromatic carbocycles. The zero-order valence-corrected chi connectivity index (χ0v) is 18.1. The third-order valence-corrected chi connectivity index (χ3v) is 6.24. The third-order valence-electron chi connectivity index (χ3n) is 4.01. The zero-order chi connectivity index (χ0) is 21.5. The lowest BCUT2D eigenvalue weighted by atomic mass is 10.2. The quantitative estimate of drug-likeness (QED) is 0.297. The van der Waals surface area contributed by atoms with E-state index in [1.54, 1.807) is 26.0 Å². The van der Waals surface area contributed by atoms with Gasteiger partial charge >= 0.3 is 17.6 Å². The van der Waals surface area contributed by atoms with Gasteiger partial charge in [-0.3, -0.25) is 4.79 Å². The van der Waals surface area contributed by atoms with Crippen molar-refractivity contribution in [1.29, 1.82) is 0 Å². The Morgan fingerprint density at radius 3 is 2.63 bits per heavy atom. The minimum atomic E-state index is -0.699. The number of ether oxygens (including phenoxy) is 2. The molecule has 2 aromatic heterocycles. The molecule has 2 heterocycles. The molecule has 0 atom stereocenters. The normalized spacial score (nSPS) is 10.6. The van der Waals surface area contributed by atoms with E-state index in [4.69, 9.17) is 9.47 Å². The molecule has 156 valence electrons. The standard InChI is InChI=1S/C21H20N2O5S2/c1-3-27-19(24)12-17-14(2)22-21(29-17)30-18-11-7-10-16(23(18)26)20(25)28-13-15-8-5-4-6-9-15/h4-11H,3,12-13H2,1-2H3. The van der Waals surface area contributed by atoms with Crippen LogP contribution in [0, 0.1) is 12.1 Å². The first-order chi connectivity index (χ1) is 14.5. The molecule has 30 heavy (non-hydrogen) atoms. The molecule has 3 rings (SSSR count). The Hall–Kier alpha value is -2.91. The van der Waals surface area contributed by atoms with Crippen molar-refractivity contribution in [3.8, 4) is 0 Å². The van der Waals surface area contributed by atoms with Crippen LogP contribution in [0.4, 0.5) is 0 Å². The molecule has 0 aliphatic carbocycles. The second-order valence-corrected chi connectivity index (χ2v) is 8.53. The number of hydrogen-bond acceptors (Lipinski definition) is 8. The highest BCUT2D eigenvalue weighted by molar-refractivity contribution is 8.00. The predicted molar refractivity (Wildman–Crippen MR) is 112 cm³/mol. The van der Waals surface area contributed by atoms with Crippen LogP contribution in [0.5, 0.6) is 0 Å². The number of benzene rings is 1. The van der Waals surface area contributed by atoms with Crippen LogP contribution >= 0.6 is 23.1 Å². The average molecular weight is 445 g/mol. The summed E-state index contributed by atoms with van der Waals surface area (Å²) in [4.78, 5) is 29.3. The van der Waals surface area contributed by atoms with Gasteiger partial charge < -0.3 is 14.7 Å². The molecule has 0 aliphatic rings. The number of nitrogens with zero attached hydrogens (tertiary/aromatic N) is 2. The Morgan fingerprint density at radius 2 is 1.90 bits per heavy atom. The van der Waals surface area contributed by atoms with Crippen molar-refractivity contribution in [2.75, 3.05) is 6.61 Å². The van der Waals surface area contributed by atoms with Gasteiger partial charge in [0.2, 0.25) is 0 Å². The highest BCUT2D eigenvalue weighted by Gasteiger charge is 2.23. The SMILES string of the molecule is CCOC(=O)Cc1sc(Sc2cccc(C(=O)OCc3ccccc3)[n+]2[O-])nc1C. The van der Waals surface area contributed by atoms with Crippen molar-refractivity contribution in [3.63, 3.8) is 0 Å². The van der Waals surface area contributed by atoms with Crippen LogP contribution < -0.4 is 4.73 Å². The fraction of sp³-hybridized carbons (Fsp3) is 0.238. The van der Waals surface area contributed by atoms with E-state index in [2.05, 4.69) is 4.98 Å². The van der Waals surface area contributed by atoms with Crippen molar-refractivity contribution in [2.24, 2.45) is 0 Å². The van der Waals surface area contributed by atoms with Gasteiger partial charge in [-0.25, -0.2) is 9.78 Å². The molecule has 0 N–H and O–H groups in total. The summed E-state index contributed by atoms with van der Waals surface area (Å²) in [6.45, 7) is 3.96. The maximum atomic E-state index is 12.7. The van der Waals surface area contributed by atoms with Crippen LogP contribution in [0.3, 0.4) is 0 Å². The van der Waals surface area contributed by atoms with Crippen LogP contribution in [0.15, 0.2) is 57.9 Å². The Morgan fingerprint density at radius 1 is 1.13 bits per heavy atom. The largest absolute Gasteiger partial charge is 0.617 e. The second kappa shape index (κ2) is 10.2. The molecule has 0 radical (unpaired) electrons. The van der Waals surface area contributed by atoms with Gasteiger partial charge in [-0.05, 0) is 25.5 Å². The first-order valence-electron chi connectivity index (χ1n) is 9.21. The van der Waals surface area contributed by atoms with Crippen LogP contribution in [0.25, 0.3) is 0 Å². The average Bonchev–Trinajstić information content (AvgIpc) is 3.07. The molecule has 0 fully saturated rings. The molecule has 0 amide bonds. The Kier molecular flexibility index (Phi) is 7.42. The highest BCUT2D eigenvalue weighted by Crippen LogP contribution is 2.31. The van der Waals surface area contributed by atoms with Gasteiger partial charge in [0.1, 0.15) is 6.61 Å². The van der Waals surface area contributed by atoms with Gasteiger partial charge in [-0.15, -0.1) is 11.3 Å². The van der Waals surface area contributed by atoms with Gasteiger partial charge in [-0.2, -0.15) is 4.73 Å². The van der Waals surface area contributed by atoms with Crippen LogP contribution in [0.2, 0.25) is 0 Å². The molecular formula is C21H20N2O5S2. The Balaban J connectivity index is 1.70. The van der Waals surface area contributed by atoms with E-state index in [9.17, 15) is 14.8 Å². The minimum absolute atomic E-state index is 0.0833. The fourth-order valence-electron chi connectivity index (χ4n) is 2.54. The van der Waals surface area contributed by atoms with Crippen molar-refractivity contribution in [2.45, 2.75) is 36.2 Å². The summed E-state index contributed by atoms with van der Waals surface area (Å²) in [5.41, 5.74) is 1.45. The number of esters is 2. The summed E-state index contributed by atoms with van der Waals surface area (Å²) in [5.74, 6) is -1.02. The van der Waals surface area contributed by atoms with E-state index in [1.807, 2.05) is 30.3 Å². The monoisotopic (exact) mass is 444 g/mol. The first-order valence-corrected chi connectivity index (χ1v) is 10.8. The minimum Gasteiger partial charge on any atom is -0.617 e. The molecule has 0 bridgehead atoms. The number of hydrogen-bond donors (Lipinski definition) is 0. The Labute approximate surface area is 182 Å². The summed E-state index contributed by atoms with van der Waals surface area (Å²) in [6.07, 6.45) is 0.140. The maximum absolute atomic E-state index is 12.7. The van der Waals surface area contributed by atoms with Crippen LogP contribution in [-0.2, 0) is 27.3 Å². The van der Waals surface area contributed by atoms with Gasteiger partial charge in [-0.1, -0.05) is 30.3 Å². The molecule has 0 spiro atoms. The summed E-state index contributed by atoms with van der Waals surface area (Å²) in [6, 6.07) is 13.9. The molecule has 0 saturated heterocycles. The fourth-order valence-corrected chi connectivity index (χ4v) is 4.73. The van der Waals surface area contributed by atoms with Crippen LogP contribution in [0.1, 0.15) is 33.5 Å². The topological polar surface area (TPSA) is 92.4 Å². The second-order valence-electron chi connectivity index (χ2n) is 6.18. The van der Waals surface area contributed by atoms with Crippen LogP contribution in [-0.4, -0.2) is 23.5 Å². The molecule has 7 nitrogen and oxygen atoms in total. The predicted octanol–water partition coefficient (Wildman–Crippen LogP) is 3.70. The molecule has 3 aromatic rings. The molecule has 0 saturated carbocycles. The summed E-state index contributed by atoms with van der Waals surface area (Å²) >= 11 is 2.46. The molecule has 0 unspecified atom stereocenters. The lowest BCUT2D eigenvalue weighted by Gasteiger charge is -2.08. The molecule has 0 aliphatic heterocycles. The molecular weight excluding hydrogens is 424 g/mol. The number of carbonyl (C=O) groups is 2. The number of aromatic nitrogens is 2. The van der Waals surface area contributed by atoms with Crippen molar-refractivity contribution < 1.29 is 23.8 Å². The third kappa shape index (κ3) is 5.58. The summed E-state index contributed by atoms with van der Waals surface area (Å²) < 4.78 is 11.4. The first kappa shape index (κ1) is 21.8. The zero-order valence-electron chi connectivity index (χ0n) is 16.5. The van der Waals surface area contributed by atoms with Crippen molar-refractivity contribution in [3.05, 3.63) is 75.6 Å². The number of aryl methyl sites for hydroxylation is 1. The van der Waals surface area contributed by atoms with E-state index in [1.165, 1.54) is 17.4 Å². The van der Waals surface area contributed by atoms with Crippen molar-refractivity contribution >= 4 is 35.0 Å². The van der Waals surface area contributed by atoms with E-state index >= 15 is 0 Å². The van der Waals surface area contributed by atoms with Gasteiger partial charge in [0, 0.05) is 28.8 Å². The van der Waals surface area contributed by atoms with Gasteiger partial charge in [0.25, 0.3) is 5.03 Å². The lowest BCUT2D eigenvalue weighted by molar-refractivity contribution is -0.648. The highest BCUT2D eigenvalue weighted by atomic mass is 32.2. The number of thiazole rings is 1. The smallest absolute Gasteiger partial charge is 0.405 e. The van der Waals surface area contributed by atoms with E-state index in [0.29, 0.717) is 26.4 Å². The summed E-state index contributed by atoms with van der Waals surface area (Å²) in [5, 5.41) is 13.0. The summed E-state index contributed by atoms with van der Waals surface area (Å²) in [7, 11) is 0. The number of rotatable bonds is 8. The van der Waals surface area contributed by atoms with E-state index < -0.39 is 5.97 Å². The lowest BCUT2D eigenvalue weighted by Crippen LogP contribution is -2.37. The molecule has 9 heteroatoms. The van der Waals surface area contributed by atoms with Crippen molar-refractivity contribution in [1.82, 2.24) is 4.98 Å². The number of carbonyl (C=O) groups excluding carboxylic acids is 2. The van der Waals surface area contributed by atoms with E-state index in [0.717, 1.165) is 22.2 Å². The maximum Gasteiger partial charge on any atom is 0.405 e. The van der Waals surface area contributed by atoms with Gasteiger partial charge in [0.05, 0.1) is 18.7 Å². The van der Waals surface area contributed by atoms with Gasteiger partial charge in [0.15, 0.2) is 4.34 Å². The van der Waals surface area contributed by atoms with E-state index in [-0.39, 0.29) is 24.7 Å².